The third kappa shape index (κ3) is 3.66. The second kappa shape index (κ2) is 7.15. The molecule has 1 amide bonds. The Morgan fingerprint density at radius 1 is 1.29 bits per heavy atom. The quantitative estimate of drug-likeness (QED) is 0.855. The zero-order valence-corrected chi connectivity index (χ0v) is 14.5. The lowest BCUT2D eigenvalue weighted by Crippen LogP contribution is -2.36. The van der Waals surface area contributed by atoms with E-state index in [1.807, 2.05) is 25.7 Å². The summed E-state index contributed by atoms with van der Waals surface area (Å²) in [6.45, 7) is 6.56. The van der Waals surface area contributed by atoms with Crippen LogP contribution in [-0.4, -0.2) is 32.6 Å². The minimum Gasteiger partial charge on any atom is -0.361 e. The Morgan fingerprint density at radius 3 is 2.79 bits per heavy atom. The van der Waals surface area contributed by atoms with Crippen LogP contribution in [0, 0.1) is 6.92 Å². The van der Waals surface area contributed by atoms with Crippen LogP contribution in [-0.2, 0) is 11.2 Å². The summed E-state index contributed by atoms with van der Waals surface area (Å²) in [5.41, 5.74) is 0.663. The highest BCUT2D eigenvalue weighted by molar-refractivity contribution is 5.78. The maximum absolute atomic E-state index is 12.8. The van der Waals surface area contributed by atoms with Crippen LogP contribution in [0.5, 0.6) is 0 Å². The van der Waals surface area contributed by atoms with E-state index in [2.05, 4.69) is 15.3 Å². The molecule has 1 aliphatic rings. The van der Waals surface area contributed by atoms with Gasteiger partial charge in [-0.15, -0.1) is 0 Å². The van der Waals surface area contributed by atoms with Crippen molar-refractivity contribution in [1.82, 2.24) is 20.2 Å². The number of hydrogen-bond acceptors (Lipinski definition) is 6. The Morgan fingerprint density at radius 2 is 2.12 bits per heavy atom. The average Bonchev–Trinajstić information content (AvgIpc) is 3.10. The normalized spacial score (nSPS) is 18.8. The zero-order chi connectivity index (χ0) is 17.1. The van der Waals surface area contributed by atoms with Crippen molar-refractivity contribution in [2.24, 2.45) is 0 Å². The minimum atomic E-state index is -0.121. The molecule has 2 aromatic rings. The molecule has 7 nitrogen and oxygen atoms in total. The molecule has 0 radical (unpaired) electrons. The Hall–Kier alpha value is -2.18. The van der Waals surface area contributed by atoms with E-state index < -0.39 is 0 Å². The van der Waals surface area contributed by atoms with Gasteiger partial charge in [0.15, 0.2) is 5.82 Å². The van der Waals surface area contributed by atoms with Crippen molar-refractivity contribution in [2.45, 2.75) is 64.8 Å². The van der Waals surface area contributed by atoms with E-state index in [4.69, 9.17) is 9.05 Å². The standard InChI is InChI=1S/C17H24N4O3/c1-11(2)17-18-16(20-24-17)14-7-5-4-6-8-21(14)15(22)10-13-9-12(3)23-19-13/h9,11,14H,4-8,10H2,1-3H3/t14-/m1/s1. The van der Waals surface area contributed by atoms with Crippen LogP contribution in [0.25, 0.3) is 0 Å². The monoisotopic (exact) mass is 332 g/mol. The first-order valence-corrected chi connectivity index (χ1v) is 8.59. The summed E-state index contributed by atoms with van der Waals surface area (Å²) in [4.78, 5) is 19.2. The minimum absolute atomic E-state index is 0.0334. The first-order valence-electron chi connectivity index (χ1n) is 8.59. The Labute approximate surface area is 141 Å². The molecule has 1 atom stereocenters. The predicted octanol–water partition coefficient (Wildman–Crippen LogP) is 3.18. The lowest BCUT2D eigenvalue weighted by Gasteiger charge is -2.27. The van der Waals surface area contributed by atoms with E-state index in [0.717, 1.165) is 25.7 Å². The number of nitrogens with zero attached hydrogens (tertiary/aromatic N) is 4. The molecule has 3 heterocycles. The van der Waals surface area contributed by atoms with Gasteiger partial charge in [0.2, 0.25) is 11.8 Å². The summed E-state index contributed by atoms with van der Waals surface area (Å²) in [5.74, 6) is 2.16. The third-order valence-corrected chi connectivity index (χ3v) is 4.33. The third-order valence-electron chi connectivity index (χ3n) is 4.33. The van der Waals surface area contributed by atoms with E-state index in [-0.39, 0.29) is 24.3 Å². The molecule has 1 aliphatic heterocycles. The highest BCUT2D eigenvalue weighted by Gasteiger charge is 2.31. The molecule has 3 rings (SSSR count). The molecule has 0 spiro atoms. The number of carbonyl (C=O) groups is 1. The number of carbonyl (C=O) groups excluding carboxylic acids is 1. The van der Waals surface area contributed by atoms with Gasteiger partial charge < -0.3 is 13.9 Å². The Kier molecular flexibility index (Phi) is 4.97. The van der Waals surface area contributed by atoms with Gasteiger partial charge in [-0.3, -0.25) is 4.79 Å². The predicted molar refractivity (Wildman–Crippen MR) is 86.3 cm³/mol. The lowest BCUT2D eigenvalue weighted by molar-refractivity contribution is -0.133. The number of likely N-dealkylation sites (tertiary alicyclic amines) is 1. The van der Waals surface area contributed by atoms with Gasteiger partial charge in [-0.25, -0.2) is 0 Å². The maximum Gasteiger partial charge on any atom is 0.229 e. The van der Waals surface area contributed by atoms with Gasteiger partial charge >= 0.3 is 0 Å². The lowest BCUT2D eigenvalue weighted by atomic mass is 10.1. The summed E-state index contributed by atoms with van der Waals surface area (Å²) in [7, 11) is 0. The number of aryl methyl sites for hydroxylation is 1. The molecule has 130 valence electrons. The van der Waals surface area contributed by atoms with Gasteiger partial charge in [0.25, 0.3) is 0 Å². The highest BCUT2D eigenvalue weighted by atomic mass is 16.5. The second-order valence-corrected chi connectivity index (χ2v) is 6.70. The van der Waals surface area contributed by atoms with Crippen molar-refractivity contribution < 1.29 is 13.8 Å². The van der Waals surface area contributed by atoms with E-state index in [0.29, 0.717) is 29.7 Å². The van der Waals surface area contributed by atoms with Crippen LogP contribution in [0.3, 0.4) is 0 Å². The molecule has 0 bridgehead atoms. The van der Waals surface area contributed by atoms with Gasteiger partial charge in [-0.1, -0.05) is 37.0 Å². The second-order valence-electron chi connectivity index (χ2n) is 6.70. The average molecular weight is 332 g/mol. The zero-order valence-electron chi connectivity index (χ0n) is 14.5. The van der Waals surface area contributed by atoms with Gasteiger partial charge in [0, 0.05) is 18.5 Å². The maximum atomic E-state index is 12.8. The molecule has 1 fully saturated rings. The molecule has 0 N–H and O–H groups in total. The topological polar surface area (TPSA) is 85.3 Å². The molecule has 2 aromatic heterocycles. The van der Waals surface area contributed by atoms with E-state index >= 15 is 0 Å². The number of amides is 1. The van der Waals surface area contributed by atoms with Gasteiger partial charge in [-0.2, -0.15) is 4.98 Å². The fraction of sp³-hybridized carbons (Fsp3) is 0.647. The highest BCUT2D eigenvalue weighted by Crippen LogP contribution is 2.29. The van der Waals surface area contributed by atoms with Crippen molar-refractivity contribution >= 4 is 5.91 Å². The molecule has 0 aromatic carbocycles. The summed E-state index contributed by atoms with van der Waals surface area (Å²) in [6.07, 6.45) is 4.26. The molecule has 7 heteroatoms. The number of aromatic nitrogens is 3. The van der Waals surface area contributed by atoms with Crippen molar-refractivity contribution in [1.29, 1.82) is 0 Å². The van der Waals surface area contributed by atoms with Crippen molar-refractivity contribution in [2.75, 3.05) is 6.54 Å². The summed E-state index contributed by atoms with van der Waals surface area (Å²) >= 11 is 0. The molecule has 0 aliphatic carbocycles. The molecule has 0 saturated carbocycles. The fourth-order valence-corrected chi connectivity index (χ4v) is 3.05. The first kappa shape index (κ1) is 16.7. The van der Waals surface area contributed by atoms with E-state index in [1.165, 1.54) is 0 Å². The van der Waals surface area contributed by atoms with Crippen LogP contribution >= 0.6 is 0 Å². The van der Waals surface area contributed by atoms with Crippen molar-refractivity contribution in [3.8, 4) is 0 Å². The van der Waals surface area contributed by atoms with Crippen molar-refractivity contribution in [3.63, 3.8) is 0 Å². The molecular weight excluding hydrogens is 308 g/mol. The van der Waals surface area contributed by atoms with E-state index in [9.17, 15) is 4.79 Å². The number of rotatable bonds is 4. The Balaban J connectivity index is 1.79. The van der Waals surface area contributed by atoms with Crippen LogP contribution < -0.4 is 0 Å². The molecule has 1 saturated heterocycles. The van der Waals surface area contributed by atoms with Gasteiger partial charge in [0.05, 0.1) is 18.2 Å². The van der Waals surface area contributed by atoms with Crippen LogP contribution in [0.4, 0.5) is 0 Å². The Bertz CT molecular complexity index is 692. The summed E-state index contributed by atoms with van der Waals surface area (Å²) in [6, 6.07) is 1.68. The number of hydrogen-bond donors (Lipinski definition) is 0. The van der Waals surface area contributed by atoms with Crippen LogP contribution in [0.2, 0.25) is 0 Å². The van der Waals surface area contributed by atoms with Gasteiger partial charge in [-0.05, 0) is 19.8 Å². The molecular formula is C17H24N4O3. The smallest absolute Gasteiger partial charge is 0.229 e. The first-order chi connectivity index (χ1) is 11.5. The summed E-state index contributed by atoms with van der Waals surface area (Å²) in [5, 5.41) is 8.06. The molecule has 0 unspecified atom stereocenters. The SMILES string of the molecule is Cc1cc(CC(=O)N2CCCCC[C@@H]2c2noc(C(C)C)n2)no1. The van der Waals surface area contributed by atoms with Crippen LogP contribution in [0.1, 0.15) is 74.7 Å². The summed E-state index contributed by atoms with van der Waals surface area (Å²) < 4.78 is 10.4. The van der Waals surface area contributed by atoms with Gasteiger partial charge in [0.1, 0.15) is 5.76 Å². The largest absolute Gasteiger partial charge is 0.361 e. The van der Waals surface area contributed by atoms with Crippen molar-refractivity contribution in [3.05, 3.63) is 29.2 Å². The van der Waals surface area contributed by atoms with Crippen LogP contribution in [0.15, 0.2) is 15.1 Å². The fourth-order valence-electron chi connectivity index (χ4n) is 3.05. The molecule has 24 heavy (non-hydrogen) atoms. The van der Waals surface area contributed by atoms with E-state index in [1.54, 1.807) is 6.07 Å².